The Morgan fingerprint density at radius 2 is 1.12 bits per heavy atom. The van der Waals surface area contributed by atoms with Crippen molar-refractivity contribution in [2.75, 3.05) is 0 Å². The number of fused-ring (bicyclic) bond motifs is 6. The van der Waals surface area contributed by atoms with E-state index in [1.807, 2.05) is 78.9 Å². The summed E-state index contributed by atoms with van der Waals surface area (Å²) in [6.45, 7) is 4.62. The monoisotopic (exact) mass is 615 g/mol. The second-order valence-corrected chi connectivity index (χ2v) is 12.8. The molecule has 0 amide bonds. The third-order valence-corrected chi connectivity index (χ3v) is 9.69. The average Bonchev–Trinajstić information content (AvgIpc) is 3.59. The predicted octanol–water partition coefficient (Wildman–Crippen LogP) is 10.1. The lowest BCUT2D eigenvalue weighted by Gasteiger charge is -2.21. The van der Waals surface area contributed by atoms with E-state index in [2.05, 4.69) is 85.1 Å². The van der Waals surface area contributed by atoms with Crippen molar-refractivity contribution >= 4 is 21.8 Å². The summed E-state index contributed by atoms with van der Waals surface area (Å²) in [7, 11) is 0. The maximum Gasteiger partial charge on any atom is 0.164 e. The molecule has 48 heavy (non-hydrogen) atoms. The van der Waals surface area contributed by atoms with E-state index in [4.69, 9.17) is 15.0 Å². The minimum absolute atomic E-state index is 0.107. The van der Waals surface area contributed by atoms with Crippen LogP contribution >= 0.6 is 0 Å². The molecule has 0 saturated heterocycles. The van der Waals surface area contributed by atoms with Crippen molar-refractivity contribution in [3.8, 4) is 57.0 Å². The Kier molecular flexibility index (Phi) is 6.15. The van der Waals surface area contributed by atoms with Crippen LogP contribution in [0.4, 0.5) is 0 Å². The summed E-state index contributed by atoms with van der Waals surface area (Å²) in [4.78, 5) is 14.6. The van der Waals surface area contributed by atoms with Crippen LogP contribution in [0.2, 0.25) is 0 Å². The molecule has 0 atom stereocenters. The Labute approximate surface area is 278 Å². The van der Waals surface area contributed by atoms with Crippen LogP contribution in [0.3, 0.4) is 0 Å². The fourth-order valence-electron chi connectivity index (χ4n) is 7.32. The van der Waals surface area contributed by atoms with Crippen molar-refractivity contribution in [1.82, 2.24) is 19.5 Å². The van der Waals surface area contributed by atoms with E-state index in [1.165, 1.54) is 27.6 Å². The van der Waals surface area contributed by atoms with E-state index in [0.29, 0.717) is 23.0 Å². The van der Waals surface area contributed by atoms with Gasteiger partial charge in [0.2, 0.25) is 0 Å². The number of para-hydroxylation sites is 1. The topological polar surface area (TPSA) is 67.4 Å². The van der Waals surface area contributed by atoms with Crippen LogP contribution < -0.4 is 0 Å². The smallest absolute Gasteiger partial charge is 0.164 e. The van der Waals surface area contributed by atoms with E-state index in [9.17, 15) is 5.26 Å². The lowest BCUT2D eigenvalue weighted by molar-refractivity contribution is 0.661. The minimum atomic E-state index is -0.107. The first-order valence-electron chi connectivity index (χ1n) is 16.1. The van der Waals surface area contributed by atoms with Crippen molar-refractivity contribution in [3.05, 3.63) is 156 Å². The summed E-state index contributed by atoms with van der Waals surface area (Å²) in [5.74, 6) is 1.69. The largest absolute Gasteiger partial charge is 0.308 e. The lowest BCUT2D eigenvalue weighted by Crippen LogP contribution is -2.14. The van der Waals surface area contributed by atoms with E-state index < -0.39 is 0 Å². The standard InChI is InChI=1S/C43H29N5/c1-43(2)35-19-11-9-17-31(35)33-25-39-34(24-36(33)43)32-18-10-12-20-38(32)48(39)37-22-21-29(23-30(37)26-44)42-46-40(27-13-5-3-6-14-27)45-41(47-42)28-15-7-4-8-16-28/h3-25H,1-2H3. The second kappa shape index (κ2) is 10.6. The van der Waals surface area contributed by atoms with Crippen LogP contribution in [0.25, 0.3) is 72.8 Å². The van der Waals surface area contributed by atoms with Gasteiger partial charge in [0.15, 0.2) is 17.5 Å². The molecule has 2 heterocycles. The van der Waals surface area contributed by atoms with Crippen LogP contribution in [0.1, 0.15) is 30.5 Å². The van der Waals surface area contributed by atoms with Gasteiger partial charge >= 0.3 is 0 Å². The number of nitrogens with zero attached hydrogens (tertiary/aromatic N) is 5. The second-order valence-electron chi connectivity index (χ2n) is 12.8. The van der Waals surface area contributed by atoms with Crippen molar-refractivity contribution in [2.24, 2.45) is 0 Å². The van der Waals surface area contributed by atoms with Gasteiger partial charge in [0.25, 0.3) is 0 Å². The number of hydrogen-bond donors (Lipinski definition) is 0. The molecule has 226 valence electrons. The molecule has 1 aliphatic carbocycles. The van der Waals surface area contributed by atoms with Crippen LogP contribution in [0.15, 0.2) is 140 Å². The molecule has 0 N–H and O–H groups in total. The van der Waals surface area contributed by atoms with Gasteiger partial charge in [-0.2, -0.15) is 5.26 Å². The highest BCUT2D eigenvalue weighted by molar-refractivity contribution is 6.11. The van der Waals surface area contributed by atoms with Crippen molar-refractivity contribution in [1.29, 1.82) is 5.26 Å². The highest BCUT2D eigenvalue weighted by Gasteiger charge is 2.36. The van der Waals surface area contributed by atoms with Gasteiger partial charge in [0.1, 0.15) is 6.07 Å². The number of benzene rings is 6. The Bertz CT molecular complexity index is 2530. The summed E-state index contributed by atoms with van der Waals surface area (Å²) >= 11 is 0. The van der Waals surface area contributed by atoms with Crippen LogP contribution in [-0.2, 0) is 5.41 Å². The molecule has 1 aliphatic rings. The van der Waals surface area contributed by atoms with E-state index in [0.717, 1.165) is 38.8 Å². The molecule has 0 saturated carbocycles. The Hall–Kier alpha value is -6.38. The molecule has 2 aromatic heterocycles. The third-order valence-electron chi connectivity index (χ3n) is 9.69. The normalized spacial score (nSPS) is 12.9. The molecule has 9 rings (SSSR count). The van der Waals surface area contributed by atoms with Gasteiger partial charge in [0, 0.05) is 32.9 Å². The van der Waals surface area contributed by atoms with E-state index >= 15 is 0 Å². The van der Waals surface area contributed by atoms with E-state index in [-0.39, 0.29) is 5.41 Å². The lowest BCUT2D eigenvalue weighted by atomic mass is 9.82. The van der Waals surface area contributed by atoms with Gasteiger partial charge < -0.3 is 4.57 Å². The molecule has 6 aromatic carbocycles. The zero-order chi connectivity index (χ0) is 32.4. The predicted molar refractivity (Wildman–Crippen MR) is 193 cm³/mol. The highest BCUT2D eigenvalue weighted by Crippen LogP contribution is 2.51. The van der Waals surface area contributed by atoms with Gasteiger partial charge in [-0.25, -0.2) is 15.0 Å². The molecule has 0 unspecified atom stereocenters. The maximum absolute atomic E-state index is 10.6. The van der Waals surface area contributed by atoms with Gasteiger partial charge in [-0.3, -0.25) is 0 Å². The summed E-state index contributed by atoms with van der Waals surface area (Å²) in [5, 5.41) is 13.0. The third kappa shape index (κ3) is 4.20. The first-order valence-corrected chi connectivity index (χ1v) is 16.1. The molecular formula is C43H29N5. The molecule has 5 nitrogen and oxygen atoms in total. The van der Waals surface area contributed by atoms with Crippen LogP contribution in [0, 0.1) is 11.3 Å². The minimum Gasteiger partial charge on any atom is -0.308 e. The fraction of sp³-hybridized carbons (Fsp3) is 0.0698. The maximum atomic E-state index is 10.6. The zero-order valence-electron chi connectivity index (χ0n) is 26.5. The molecule has 0 radical (unpaired) electrons. The number of rotatable bonds is 4. The Balaban J connectivity index is 1.25. The molecule has 8 aromatic rings. The van der Waals surface area contributed by atoms with Gasteiger partial charge in [-0.05, 0) is 58.7 Å². The molecule has 0 fully saturated rings. The van der Waals surface area contributed by atoms with Crippen LogP contribution in [-0.4, -0.2) is 19.5 Å². The number of nitriles is 1. The fourth-order valence-corrected chi connectivity index (χ4v) is 7.32. The zero-order valence-corrected chi connectivity index (χ0v) is 26.5. The van der Waals surface area contributed by atoms with Crippen molar-refractivity contribution in [3.63, 3.8) is 0 Å². The van der Waals surface area contributed by atoms with Crippen LogP contribution in [0.5, 0.6) is 0 Å². The molecule has 0 aliphatic heterocycles. The summed E-state index contributed by atoms with van der Waals surface area (Å²) < 4.78 is 2.24. The number of aromatic nitrogens is 4. The Morgan fingerprint density at radius 3 is 1.81 bits per heavy atom. The molecule has 0 bridgehead atoms. The van der Waals surface area contributed by atoms with Gasteiger partial charge in [0.05, 0.1) is 22.3 Å². The van der Waals surface area contributed by atoms with Crippen molar-refractivity contribution < 1.29 is 0 Å². The average molecular weight is 616 g/mol. The first-order chi connectivity index (χ1) is 23.5. The molecule has 5 heteroatoms. The van der Waals surface area contributed by atoms with Gasteiger partial charge in [-0.15, -0.1) is 0 Å². The summed E-state index contributed by atoms with van der Waals surface area (Å²) in [6.07, 6.45) is 0. The Morgan fingerprint density at radius 1 is 0.521 bits per heavy atom. The van der Waals surface area contributed by atoms with Gasteiger partial charge in [-0.1, -0.05) is 117 Å². The molecular weight excluding hydrogens is 587 g/mol. The SMILES string of the molecule is CC1(C)c2ccccc2-c2cc3c(cc21)c1ccccc1n3-c1ccc(-c2nc(-c3ccccc3)nc(-c3ccccc3)n2)cc1C#N. The highest BCUT2D eigenvalue weighted by atomic mass is 15.0. The first kappa shape index (κ1) is 27.9. The quantitative estimate of drug-likeness (QED) is 0.198. The summed E-state index contributed by atoms with van der Waals surface area (Å²) in [6, 6.07) is 50.1. The molecule has 0 spiro atoms. The number of hydrogen-bond acceptors (Lipinski definition) is 4. The van der Waals surface area contributed by atoms with Crippen molar-refractivity contribution in [2.45, 2.75) is 19.3 Å². The van der Waals surface area contributed by atoms with E-state index in [1.54, 1.807) is 0 Å². The summed E-state index contributed by atoms with van der Waals surface area (Å²) in [5.41, 5.74) is 11.1.